The maximum atomic E-state index is 12.4. The fraction of sp³-hybridized carbons (Fsp3) is 0.115. The number of hydrogen-bond donors (Lipinski definition) is 2. The van der Waals surface area contributed by atoms with Gasteiger partial charge in [-0.2, -0.15) is 5.10 Å². The van der Waals surface area contributed by atoms with Crippen molar-refractivity contribution in [3.63, 3.8) is 0 Å². The normalized spacial score (nSPS) is 11.5. The molecule has 7 heteroatoms. The lowest BCUT2D eigenvalue weighted by molar-refractivity contribution is -0.118. The Balaban J connectivity index is 1.27. The van der Waals surface area contributed by atoms with E-state index in [9.17, 15) is 4.79 Å². The van der Waals surface area contributed by atoms with E-state index in [2.05, 4.69) is 57.3 Å². The minimum Gasteiger partial charge on any atom is -0.361 e. The highest BCUT2D eigenvalue weighted by atomic mass is 32.2. The van der Waals surface area contributed by atoms with Crippen LogP contribution < -0.4 is 5.43 Å². The summed E-state index contributed by atoms with van der Waals surface area (Å²) in [7, 11) is 0. The van der Waals surface area contributed by atoms with Gasteiger partial charge >= 0.3 is 0 Å². The number of para-hydroxylation sites is 3. The van der Waals surface area contributed by atoms with Crippen LogP contribution in [0.2, 0.25) is 0 Å². The molecule has 0 atom stereocenters. The molecule has 5 aromatic rings. The Morgan fingerprint density at radius 3 is 2.76 bits per heavy atom. The van der Waals surface area contributed by atoms with E-state index in [0.29, 0.717) is 6.54 Å². The molecule has 3 aromatic carbocycles. The monoisotopic (exact) mass is 453 g/mol. The van der Waals surface area contributed by atoms with E-state index in [1.165, 1.54) is 22.9 Å². The number of carbonyl (C=O) groups excluding carboxylic acids is 1. The Morgan fingerprint density at radius 2 is 1.88 bits per heavy atom. The highest BCUT2D eigenvalue weighted by molar-refractivity contribution is 7.99. The molecule has 0 radical (unpaired) electrons. The molecule has 0 aliphatic heterocycles. The molecular formula is C26H23N5OS. The molecule has 0 saturated heterocycles. The summed E-state index contributed by atoms with van der Waals surface area (Å²) in [5.41, 5.74) is 8.99. The number of fused-ring (bicyclic) bond motifs is 2. The molecule has 2 heterocycles. The van der Waals surface area contributed by atoms with Crippen molar-refractivity contribution in [2.75, 3.05) is 5.75 Å². The predicted octanol–water partition coefficient (Wildman–Crippen LogP) is 5.12. The van der Waals surface area contributed by atoms with Gasteiger partial charge in [-0.15, -0.1) is 0 Å². The minimum absolute atomic E-state index is 0.176. The number of carbonyl (C=O) groups is 1. The summed E-state index contributed by atoms with van der Waals surface area (Å²) in [5, 5.41) is 6.01. The van der Waals surface area contributed by atoms with Crippen molar-refractivity contribution in [3.05, 3.63) is 95.7 Å². The van der Waals surface area contributed by atoms with Crippen LogP contribution in [-0.2, 0) is 11.3 Å². The van der Waals surface area contributed by atoms with Gasteiger partial charge in [0.1, 0.15) is 0 Å². The summed E-state index contributed by atoms with van der Waals surface area (Å²) in [5.74, 6) is 0.0488. The zero-order valence-corrected chi connectivity index (χ0v) is 19.0. The predicted molar refractivity (Wildman–Crippen MR) is 135 cm³/mol. The molecule has 0 spiro atoms. The third-order valence-corrected chi connectivity index (χ3v) is 6.40. The number of aryl methyl sites for hydroxylation is 1. The molecule has 6 nitrogen and oxygen atoms in total. The maximum absolute atomic E-state index is 12.4. The molecule has 0 saturated carbocycles. The van der Waals surface area contributed by atoms with Gasteiger partial charge in [-0.1, -0.05) is 71.9 Å². The molecule has 33 heavy (non-hydrogen) atoms. The summed E-state index contributed by atoms with van der Waals surface area (Å²) < 4.78 is 2.16. The van der Waals surface area contributed by atoms with Gasteiger partial charge in [-0.25, -0.2) is 10.4 Å². The first-order valence-electron chi connectivity index (χ1n) is 10.7. The van der Waals surface area contributed by atoms with E-state index in [4.69, 9.17) is 4.98 Å². The first-order valence-corrected chi connectivity index (χ1v) is 11.7. The summed E-state index contributed by atoms with van der Waals surface area (Å²) in [6, 6.07) is 24.5. The van der Waals surface area contributed by atoms with Gasteiger partial charge in [0.2, 0.25) is 0 Å². The lowest BCUT2D eigenvalue weighted by Gasteiger charge is -2.09. The first kappa shape index (κ1) is 21.0. The molecule has 2 N–H and O–H groups in total. The van der Waals surface area contributed by atoms with Gasteiger partial charge in [-0.05, 0) is 30.7 Å². The van der Waals surface area contributed by atoms with E-state index in [0.717, 1.165) is 32.7 Å². The average Bonchev–Trinajstić information content (AvgIpc) is 3.41. The van der Waals surface area contributed by atoms with Crippen LogP contribution in [0, 0.1) is 6.92 Å². The van der Waals surface area contributed by atoms with Crippen molar-refractivity contribution in [2.24, 2.45) is 5.10 Å². The maximum Gasteiger partial charge on any atom is 0.250 e. The summed E-state index contributed by atoms with van der Waals surface area (Å²) >= 11 is 1.41. The third kappa shape index (κ3) is 4.68. The van der Waals surface area contributed by atoms with Crippen molar-refractivity contribution in [3.8, 4) is 0 Å². The van der Waals surface area contributed by atoms with Crippen LogP contribution in [0.25, 0.3) is 21.9 Å². The second kappa shape index (κ2) is 9.34. The smallest absolute Gasteiger partial charge is 0.250 e. The van der Waals surface area contributed by atoms with Crippen molar-refractivity contribution in [1.82, 2.24) is 20.0 Å². The third-order valence-electron chi connectivity index (χ3n) is 5.43. The molecule has 1 amide bonds. The Morgan fingerprint density at radius 1 is 1.09 bits per heavy atom. The van der Waals surface area contributed by atoms with Crippen LogP contribution in [-0.4, -0.2) is 32.4 Å². The number of nitrogens with one attached hydrogen (secondary N) is 2. The Bertz CT molecular complexity index is 1450. The number of nitrogens with zero attached hydrogens (tertiary/aromatic N) is 3. The van der Waals surface area contributed by atoms with E-state index < -0.39 is 0 Å². The second-order valence-corrected chi connectivity index (χ2v) is 8.77. The van der Waals surface area contributed by atoms with Gasteiger partial charge in [0.15, 0.2) is 5.16 Å². The van der Waals surface area contributed by atoms with Crippen molar-refractivity contribution < 1.29 is 4.79 Å². The summed E-state index contributed by atoms with van der Waals surface area (Å²) in [6.45, 7) is 2.78. The molecule has 0 unspecified atom stereocenters. The SMILES string of the molecule is Cc1ccc(Cn2c(SCC(=O)N/N=C/c3c[nH]c4ccccc34)nc3ccccc32)cc1. The number of hydrogen-bond acceptors (Lipinski definition) is 4. The number of thioether (sulfide) groups is 1. The Kier molecular flexibility index (Phi) is 5.95. The summed E-state index contributed by atoms with van der Waals surface area (Å²) in [6.07, 6.45) is 3.54. The van der Waals surface area contributed by atoms with E-state index in [1.54, 1.807) is 6.21 Å². The minimum atomic E-state index is -0.176. The Hall–Kier alpha value is -3.84. The Labute approximate surface area is 195 Å². The van der Waals surface area contributed by atoms with Gasteiger partial charge in [0.25, 0.3) is 5.91 Å². The molecule has 164 valence electrons. The number of imidazole rings is 1. The van der Waals surface area contributed by atoms with Crippen LogP contribution in [0.1, 0.15) is 16.7 Å². The number of rotatable bonds is 7. The topological polar surface area (TPSA) is 75.1 Å². The quantitative estimate of drug-likeness (QED) is 0.204. The molecule has 5 rings (SSSR count). The molecule has 0 bridgehead atoms. The van der Waals surface area contributed by atoms with Gasteiger partial charge < -0.3 is 9.55 Å². The van der Waals surface area contributed by atoms with Gasteiger partial charge in [-0.3, -0.25) is 4.79 Å². The standard InChI is InChI=1S/C26H23N5OS/c1-18-10-12-19(13-11-18)16-31-24-9-5-4-8-23(24)29-26(31)33-17-25(32)30-28-15-20-14-27-22-7-3-2-6-21(20)22/h2-15,27H,16-17H2,1H3,(H,30,32)/b28-15+. The molecule has 0 aliphatic carbocycles. The number of benzene rings is 3. The van der Waals surface area contributed by atoms with Gasteiger partial charge in [0, 0.05) is 22.7 Å². The zero-order valence-electron chi connectivity index (χ0n) is 18.2. The van der Waals surface area contributed by atoms with Crippen LogP contribution in [0.4, 0.5) is 0 Å². The van der Waals surface area contributed by atoms with E-state index in [1.807, 2.05) is 48.7 Å². The largest absolute Gasteiger partial charge is 0.361 e. The highest BCUT2D eigenvalue weighted by Crippen LogP contribution is 2.25. The van der Waals surface area contributed by atoms with Gasteiger partial charge in [0.05, 0.1) is 29.5 Å². The number of amides is 1. The number of aromatic nitrogens is 3. The lowest BCUT2D eigenvalue weighted by Crippen LogP contribution is -2.20. The van der Waals surface area contributed by atoms with Crippen LogP contribution >= 0.6 is 11.8 Å². The van der Waals surface area contributed by atoms with Crippen LogP contribution in [0.15, 0.2) is 89.3 Å². The fourth-order valence-corrected chi connectivity index (χ4v) is 4.54. The summed E-state index contributed by atoms with van der Waals surface area (Å²) in [4.78, 5) is 20.4. The number of H-pyrrole nitrogens is 1. The molecule has 0 aliphatic rings. The van der Waals surface area contributed by atoms with E-state index >= 15 is 0 Å². The molecule has 0 fully saturated rings. The van der Waals surface area contributed by atoms with Crippen LogP contribution in [0.5, 0.6) is 0 Å². The fourth-order valence-electron chi connectivity index (χ4n) is 3.73. The zero-order chi connectivity index (χ0) is 22.6. The first-order chi connectivity index (χ1) is 16.2. The van der Waals surface area contributed by atoms with Crippen molar-refractivity contribution >= 4 is 45.8 Å². The van der Waals surface area contributed by atoms with E-state index in [-0.39, 0.29) is 11.7 Å². The second-order valence-electron chi connectivity index (χ2n) is 7.83. The number of hydrazone groups is 1. The molecule has 2 aromatic heterocycles. The van der Waals surface area contributed by atoms with Crippen molar-refractivity contribution in [2.45, 2.75) is 18.6 Å². The number of aromatic amines is 1. The highest BCUT2D eigenvalue weighted by Gasteiger charge is 2.13. The lowest BCUT2D eigenvalue weighted by atomic mass is 10.1. The van der Waals surface area contributed by atoms with Crippen molar-refractivity contribution in [1.29, 1.82) is 0 Å². The average molecular weight is 454 g/mol. The molecular weight excluding hydrogens is 430 g/mol. The van der Waals surface area contributed by atoms with Crippen LogP contribution in [0.3, 0.4) is 0 Å².